The second-order valence-corrected chi connectivity index (χ2v) is 3.44. The highest BCUT2D eigenvalue weighted by Gasteiger charge is 1.95. The molecule has 1 atom stereocenters. The van der Waals surface area contributed by atoms with Gasteiger partial charge in [-0.1, -0.05) is 24.6 Å². The first kappa shape index (κ1) is 10.5. The molecule has 0 heterocycles. The highest BCUT2D eigenvalue weighted by atomic mass is 14.0. The molecule has 0 saturated heterocycles. The third kappa shape index (κ3) is 7.38. The Morgan fingerprint density at radius 1 is 1.45 bits per heavy atom. The topological polar surface area (TPSA) is 0 Å². The minimum Gasteiger partial charge on any atom is -0.103 e. The molecule has 0 aromatic heterocycles. The van der Waals surface area contributed by atoms with Crippen molar-refractivity contribution in [2.24, 2.45) is 5.92 Å². The van der Waals surface area contributed by atoms with Crippen molar-refractivity contribution >= 4 is 0 Å². The summed E-state index contributed by atoms with van der Waals surface area (Å²) < 4.78 is 0. The predicted octanol–water partition coefficient (Wildman–Crippen LogP) is 3.95. The van der Waals surface area contributed by atoms with E-state index in [1.165, 1.54) is 18.4 Å². The maximum Gasteiger partial charge on any atom is -0.0259 e. The van der Waals surface area contributed by atoms with Gasteiger partial charge in [0, 0.05) is 0 Å². The lowest BCUT2D eigenvalue weighted by Gasteiger charge is -2.04. The number of allylic oxidation sites excluding steroid dienone is 3. The molecule has 0 radical (unpaired) electrons. The second-order valence-electron chi connectivity index (χ2n) is 3.44. The third-order valence-corrected chi connectivity index (χ3v) is 1.69. The molecule has 0 amide bonds. The summed E-state index contributed by atoms with van der Waals surface area (Å²) in [5, 5.41) is 0. The summed E-state index contributed by atoms with van der Waals surface area (Å²) in [5.41, 5.74) is 1.43. The summed E-state index contributed by atoms with van der Waals surface area (Å²) in [5.74, 6) is 0.736. The van der Waals surface area contributed by atoms with E-state index in [2.05, 4.69) is 33.4 Å². The van der Waals surface area contributed by atoms with Crippen LogP contribution >= 0.6 is 0 Å². The van der Waals surface area contributed by atoms with Crippen LogP contribution in [0.3, 0.4) is 0 Å². The largest absolute Gasteiger partial charge is 0.103 e. The molecule has 11 heavy (non-hydrogen) atoms. The molecule has 0 aliphatic heterocycles. The van der Waals surface area contributed by atoms with E-state index in [4.69, 9.17) is 0 Å². The van der Waals surface area contributed by atoms with Gasteiger partial charge in [-0.3, -0.25) is 0 Å². The highest BCUT2D eigenvalue weighted by molar-refractivity contribution is 4.95. The zero-order valence-corrected chi connectivity index (χ0v) is 8.06. The van der Waals surface area contributed by atoms with E-state index in [0.29, 0.717) is 0 Å². The van der Waals surface area contributed by atoms with Crippen LogP contribution in [0.15, 0.2) is 24.3 Å². The Labute approximate surface area is 71.0 Å². The van der Waals surface area contributed by atoms with Crippen molar-refractivity contribution in [2.45, 2.75) is 40.0 Å². The number of unbranched alkanes of at least 4 members (excludes halogenated alkanes) is 1. The lowest BCUT2D eigenvalue weighted by Crippen LogP contribution is -1.89. The molecule has 0 rings (SSSR count). The lowest BCUT2D eigenvalue weighted by molar-refractivity contribution is 0.609. The minimum absolute atomic E-state index is 0.736. The van der Waals surface area contributed by atoms with Gasteiger partial charge in [-0.2, -0.15) is 0 Å². The Balaban J connectivity index is 3.44. The SMILES string of the molecule is C=CCCCC(C)C=C(C)C. The van der Waals surface area contributed by atoms with Crippen LogP contribution in [0.1, 0.15) is 40.0 Å². The average molecular weight is 152 g/mol. The fraction of sp³-hybridized carbons (Fsp3) is 0.636. The molecule has 0 N–H and O–H groups in total. The van der Waals surface area contributed by atoms with Crippen molar-refractivity contribution in [3.63, 3.8) is 0 Å². The van der Waals surface area contributed by atoms with E-state index < -0.39 is 0 Å². The maximum atomic E-state index is 3.70. The third-order valence-electron chi connectivity index (χ3n) is 1.69. The molecule has 0 aromatic rings. The number of rotatable bonds is 5. The average Bonchev–Trinajstić information content (AvgIpc) is 1.86. The van der Waals surface area contributed by atoms with Gasteiger partial charge in [0.25, 0.3) is 0 Å². The van der Waals surface area contributed by atoms with Crippen LogP contribution in [0.4, 0.5) is 0 Å². The molecule has 0 aliphatic carbocycles. The van der Waals surface area contributed by atoms with Gasteiger partial charge in [-0.25, -0.2) is 0 Å². The van der Waals surface area contributed by atoms with E-state index in [1.807, 2.05) is 6.08 Å². The van der Waals surface area contributed by atoms with Crippen molar-refractivity contribution in [3.05, 3.63) is 24.3 Å². The van der Waals surface area contributed by atoms with E-state index in [0.717, 1.165) is 12.3 Å². The molecular weight excluding hydrogens is 132 g/mol. The van der Waals surface area contributed by atoms with Crippen molar-refractivity contribution in [1.82, 2.24) is 0 Å². The van der Waals surface area contributed by atoms with Gasteiger partial charge in [0.05, 0.1) is 0 Å². The summed E-state index contributed by atoms with van der Waals surface area (Å²) in [6.45, 7) is 10.3. The van der Waals surface area contributed by atoms with Crippen LogP contribution in [0.2, 0.25) is 0 Å². The Hall–Kier alpha value is -0.520. The monoisotopic (exact) mass is 152 g/mol. The lowest BCUT2D eigenvalue weighted by atomic mass is 10.0. The molecule has 0 bridgehead atoms. The standard InChI is InChI=1S/C11H20/c1-5-6-7-8-11(4)9-10(2)3/h5,9,11H,1,6-8H2,2-4H3. The van der Waals surface area contributed by atoms with Crippen molar-refractivity contribution < 1.29 is 0 Å². The molecule has 0 saturated carbocycles. The second kappa shape index (κ2) is 6.21. The summed E-state index contributed by atoms with van der Waals surface area (Å²) in [7, 11) is 0. The van der Waals surface area contributed by atoms with E-state index in [9.17, 15) is 0 Å². The first-order valence-electron chi connectivity index (χ1n) is 4.42. The minimum atomic E-state index is 0.736. The molecule has 0 aromatic carbocycles. The Morgan fingerprint density at radius 3 is 2.55 bits per heavy atom. The summed E-state index contributed by atoms with van der Waals surface area (Å²) in [4.78, 5) is 0. The highest BCUT2D eigenvalue weighted by Crippen LogP contribution is 2.11. The molecular formula is C11H20. The molecule has 0 heteroatoms. The van der Waals surface area contributed by atoms with Gasteiger partial charge in [0.1, 0.15) is 0 Å². The Bertz CT molecular complexity index is 127. The molecule has 64 valence electrons. The molecule has 1 unspecified atom stereocenters. The van der Waals surface area contributed by atoms with Crippen LogP contribution in [0.5, 0.6) is 0 Å². The van der Waals surface area contributed by atoms with Gasteiger partial charge in [0.15, 0.2) is 0 Å². The molecule has 0 spiro atoms. The van der Waals surface area contributed by atoms with Crippen LogP contribution in [0, 0.1) is 5.92 Å². The first-order valence-corrected chi connectivity index (χ1v) is 4.42. The van der Waals surface area contributed by atoms with Gasteiger partial charge in [0.2, 0.25) is 0 Å². The molecule has 0 nitrogen and oxygen atoms in total. The van der Waals surface area contributed by atoms with E-state index in [-0.39, 0.29) is 0 Å². The number of hydrogen-bond donors (Lipinski definition) is 0. The predicted molar refractivity (Wildman–Crippen MR) is 52.6 cm³/mol. The van der Waals surface area contributed by atoms with Gasteiger partial charge >= 0.3 is 0 Å². The van der Waals surface area contributed by atoms with Crippen molar-refractivity contribution in [2.75, 3.05) is 0 Å². The molecule has 0 fully saturated rings. The van der Waals surface area contributed by atoms with Crippen LogP contribution in [-0.2, 0) is 0 Å². The normalized spacial score (nSPS) is 12.3. The van der Waals surface area contributed by atoms with Crippen molar-refractivity contribution in [3.8, 4) is 0 Å². The fourth-order valence-corrected chi connectivity index (χ4v) is 1.24. The van der Waals surface area contributed by atoms with E-state index in [1.54, 1.807) is 0 Å². The zero-order valence-electron chi connectivity index (χ0n) is 8.06. The fourth-order valence-electron chi connectivity index (χ4n) is 1.24. The van der Waals surface area contributed by atoms with Gasteiger partial charge in [-0.15, -0.1) is 6.58 Å². The van der Waals surface area contributed by atoms with Crippen LogP contribution < -0.4 is 0 Å². The van der Waals surface area contributed by atoms with Gasteiger partial charge < -0.3 is 0 Å². The Kier molecular flexibility index (Phi) is 5.91. The Morgan fingerprint density at radius 2 is 2.09 bits per heavy atom. The smallest absolute Gasteiger partial charge is 0.0259 e. The van der Waals surface area contributed by atoms with Crippen LogP contribution in [-0.4, -0.2) is 0 Å². The summed E-state index contributed by atoms with van der Waals surface area (Å²) in [6.07, 6.45) is 8.05. The van der Waals surface area contributed by atoms with E-state index >= 15 is 0 Å². The maximum absolute atomic E-state index is 3.70. The number of hydrogen-bond acceptors (Lipinski definition) is 0. The zero-order chi connectivity index (χ0) is 8.69. The summed E-state index contributed by atoms with van der Waals surface area (Å²) >= 11 is 0. The molecule has 0 aliphatic rings. The van der Waals surface area contributed by atoms with Crippen molar-refractivity contribution in [1.29, 1.82) is 0 Å². The van der Waals surface area contributed by atoms with Crippen LogP contribution in [0.25, 0.3) is 0 Å². The quantitative estimate of drug-likeness (QED) is 0.413. The van der Waals surface area contributed by atoms with Gasteiger partial charge in [-0.05, 0) is 39.0 Å². The first-order chi connectivity index (χ1) is 5.16. The summed E-state index contributed by atoms with van der Waals surface area (Å²) in [6, 6.07) is 0.